The molecular formula is C12H22N2O. The van der Waals surface area contributed by atoms with E-state index in [0.29, 0.717) is 17.9 Å². The molecule has 2 atom stereocenters. The molecule has 1 aliphatic heterocycles. The van der Waals surface area contributed by atoms with Crippen LogP contribution in [0.15, 0.2) is 0 Å². The number of hydrogen-bond donors (Lipinski definition) is 2. The van der Waals surface area contributed by atoms with Gasteiger partial charge in [-0.2, -0.15) is 0 Å². The first-order valence-electron chi connectivity index (χ1n) is 6.26. The van der Waals surface area contributed by atoms with Crippen LogP contribution in [0.25, 0.3) is 0 Å². The Labute approximate surface area is 92.0 Å². The van der Waals surface area contributed by atoms with E-state index in [2.05, 4.69) is 17.6 Å². The van der Waals surface area contributed by atoms with Crippen LogP contribution in [0, 0.1) is 11.8 Å². The van der Waals surface area contributed by atoms with Crippen molar-refractivity contribution in [2.24, 2.45) is 11.8 Å². The molecule has 0 aromatic heterocycles. The Hall–Kier alpha value is -0.570. The van der Waals surface area contributed by atoms with E-state index in [1.807, 2.05) is 0 Å². The quantitative estimate of drug-likeness (QED) is 0.737. The van der Waals surface area contributed by atoms with Gasteiger partial charge in [-0.1, -0.05) is 19.8 Å². The molecule has 15 heavy (non-hydrogen) atoms. The lowest BCUT2D eigenvalue weighted by Gasteiger charge is -2.31. The number of carbonyl (C=O) groups is 1. The maximum absolute atomic E-state index is 11.7. The maximum atomic E-state index is 11.7. The zero-order valence-electron chi connectivity index (χ0n) is 9.59. The van der Waals surface area contributed by atoms with Crippen molar-refractivity contribution >= 4 is 5.91 Å². The predicted molar refractivity (Wildman–Crippen MR) is 60.5 cm³/mol. The molecule has 1 aliphatic carbocycles. The van der Waals surface area contributed by atoms with Crippen molar-refractivity contribution < 1.29 is 4.79 Å². The fourth-order valence-electron chi connectivity index (χ4n) is 2.55. The Bertz CT molecular complexity index is 226. The molecule has 1 amide bonds. The first-order chi connectivity index (χ1) is 7.25. The van der Waals surface area contributed by atoms with Gasteiger partial charge in [0, 0.05) is 12.5 Å². The summed E-state index contributed by atoms with van der Waals surface area (Å²) in [6.07, 6.45) is 5.78. The van der Waals surface area contributed by atoms with Crippen molar-refractivity contribution in [3.8, 4) is 0 Å². The van der Waals surface area contributed by atoms with Gasteiger partial charge in [0.2, 0.25) is 5.91 Å². The third kappa shape index (κ3) is 2.94. The monoisotopic (exact) mass is 210 g/mol. The van der Waals surface area contributed by atoms with E-state index in [9.17, 15) is 4.79 Å². The molecule has 3 nitrogen and oxygen atoms in total. The third-order valence-electron chi connectivity index (χ3n) is 3.80. The van der Waals surface area contributed by atoms with Gasteiger partial charge in [0.25, 0.3) is 0 Å². The predicted octanol–water partition coefficient (Wildman–Crippen LogP) is 1.29. The van der Waals surface area contributed by atoms with Crippen LogP contribution < -0.4 is 10.6 Å². The number of carbonyl (C=O) groups excluding carboxylic acids is 1. The van der Waals surface area contributed by atoms with Crippen molar-refractivity contribution in [1.82, 2.24) is 10.6 Å². The van der Waals surface area contributed by atoms with Gasteiger partial charge in [-0.05, 0) is 37.8 Å². The highest BCUT2D eigenvalue weighted by Gasteiger charge is 2.25. The van der Waals surface area contributed by atoms with Gasteiger partial charge >= 0.3 is 0 Å². The van der Waals surface area contributed by atoms with E-state index in [0.717, 1.165) is 19.5 Å². The van der Waals surface area contributed by atoms with Crippen LogP contribution in [0.3, 0.4) is 0 Å². The second-order valence-corrected chi connectivity index (χ2v) is 5.16. The van der Waals surface area contributed by atoms with E-state index in [1.54, 1.807) is 0 Å². The first kappa shape index (κ1) is 10.9. The molecule has 2 aliphatic rings. The molecular weight excluding hydrogens is 188 g/mol. The van der Waals surface area contributed by atoms with E-state index < -0.39 is 0 Å². The Morgan fingerprint density at radius 2 is 2.07 bits per heavy atom. The van der Waals surface area contributed by atoms with Crippen LogP contribution in [-0.2, 0) is 4.79 Å². The standard InChI is InChI=1S/C12H22N2O/c1-9-4-2-3-5-11(9)14-12(15)6-10-7-13-8-10/h9-11,13H,2-8H2,1H3,(H,14,15). The van der Waals surface area contributed by atoms with Gasteiger partial charge in [-0.25, -0.2) is 0 Å². The summed E-state index contributed by atoms with van der Waals surface area (Å²) >= 11 is 0. The summed E-state index contributed by atoms with van der Waals surface area (Å²) < 4.78 is 0. The third-order valence-corrected chi connectivity index (χ3v) is 3.80. The van der Waals surface area contributed by atoms with E-state index in [4.69, 9.17) is 0 Å². The lowest BCUT2D eigenvalue weighted by atomic mass is 9.85. The van der Waals surface area contributed by atoms with Crippen LogP contribution in [0.5, 0.6) is 0 Å². The minimum atomic E-state index is 0.264. The molecule has 86 valence electrons. The lowest BCUT2D eigenvalue weighted by Crippen LogP contribution is -2.47. The first-order valence-corrected chi connectivity index (χ1v) is 6.26. The Balaban J connectivity index is 1.71. The normalized spacial score (nSPS) is 32.1. The second-order valence-electron chi connectivity index (χ2n) is 5.16. The number of amides is 1. The molecule has 0 radical (unpaired) electrons. The largest absolute Gasteiger partial charge is 0.353 e. The summed E-state index contributed by atoms with van der Waals surface area (Å²) in [6.45, 7) is 4.30. The maximum Gasteiger partial charge on any atom is 0.220 e. The van der Waals surface area contributed by atoms with Crippen LogP contribution in [-0.4, -0.2) is 25.0 Å². The molecule has 2 N–H and O–H groups in total. The molecule has 0 aromatic rings. The average Bonchev–Trinajstić information content (AvgIpc) is 2.16. The van der Waals surface area contributed by atoms with Crippen molar-refractivity contribution in [1.29, 1.82) is 0 Å². The smallest absolute Gasteiger partial charge is 0.220 e. The zero-order chi connectivity index (χ0) is 10.7. The van der Waals surface area contributed by atoms with Gasteiger partial charge in [-0.15, -0.1) is 0 Å². The fraction of sp³-hybridized carbons (Fsp3) is 0.917. The topological polar surface area (TPSA) is 41.1 Å². The highest BCUT2D eigenvalue weighted by Crippen LogP contribution is 2.24. The summed E-state index contributed by atoms with van der Waals surface area (Å²) in [5, 5.41) is 6.40. The molecule has 2 unspecified atom stereocenters. The summed E-state index contributed by atoms with van der Waals surface area (Å²) in [5.74, 6) is 1.52. The minimum absolute atomic E-state index is 0.264. The zero-order valence-corrected chi connectivity index (χ0v) is 9.59. The molecule has 0 aromatic carbocycles. The van der Waals surface area contributed by atoms with E-state index in [1.165, 1.54) is 25.7 Å². The van der Waals surface area contributed by atoms with Crippen LogP contribution in [0.2, 0.25) is 0 Å². The molecule has 2 fully saturated rings. The van der Waals surface area contributed by atoms with E-state index in [-0.39, 0.29) is 5.91 Å². The van der Waals surface area contributed by atoms with Crippen LogP contribution in [0.1, 0.15) is 39.0 Å². The Morgan fingerprint density at radius 3 is 2.67 bits per heavy atom. The second kappa shape index (κ2) is 4.97. The van der Waals surface area contributed by atoms with Crippen LogP contribution in [0.4, 0.5) is 0 Å². The average molecular weight is 210 g/mol. The molecule has 3 heteroatoms. The summed E-state index contributed by atoms with van der Waals surface area (Å²) in [5.41, 5.74) is 0. The van der Waals surface area contributed by atoms with Crippen molar-refractivity contribution in [2.75, 3.05) is 13.1 Å². The number of nitrogens with one attached hydrogen (secondary N) is 2. The molecule has 2 rings (SSSR count). The number of rotatable bonds is 3. The molecule has 1 saturated heterocycles. The summed E-state index contributed by atoms with van der Waals surface area (Å²) in [7, 11) is 0. The number of hydrogen-bond acceptors (Lipinski definition) is 2. The molecule has 1 saturated carbocycles. The molecule has 0 bridgehead atoms. The fourth-order valence-corrected chi connectivity index (χ4v) is 2.55. The van der Waals surface area contributed by atoms with Crippen molar-refractivity contribution in [2.45, 2.75) is 45.1 Å². The van der Waals surface area contributed by atoms with Gasteiger partial charge in [-0.3, -0.25) is 4.79 Å². The molecule has 1 heterocycles. The molecule has 0 spiro atoms. The van der Waals surface area contributed by atoms with Crippen molar-refractivity contribution in [3.05, 3.63) is 0 Å². The SMILES string of the molecule is CC1CCCCC1NC(=O)CC1CNC1. The highest BCUT2D eigenvalue weighted by atomic mass is 16.1. The lowest BCUT2D eigenvalue weighted by molar-refractivity contribution is -0.123. The minimum Gasteiger partial charge on any atom is -0.353 e. The van der Waals surface area contributed by atoms with E-state index >= 15 is 0 Å². The van der Waals surface area contributed by atoms with Gasteiger partial charge < -0.3 is 10.6 Å². The van der Waals surface area contributed by atoms with Gasteiger partial charge in [0.05, 0.1) is 0 Å². The van der Waals surface area contributed by atoms with Gasteiger partial charge in [0.15, 0.2) is 0 Å². The van der Waals surface area contributed by atoms with Crippen molar-refractivity contribution in [3.63, 3.8) is 0 Å². The summed E-state index contributed by atoms with van der Waals surface area (Å²) in [4.78, 5) is 11.7. The summed E-state index contributed by atoms with van der Waals surface area (Å²) in [6, 6.07) is 0.444. The highest BCUT2D eigenvalue weighted by molar-refractivity contribution is 5.76. The Kier molecular flexibility index (Phi) is 3.62. The van der Waals surface area contributed by atoms with Crippen LogP contribution >= 0.6 is 0 Å². The van der Waals surface area contributed by atoms with Gasteiger partial charge in [0.1, 0.15) is 0 Å². The Morgan fingerprint density at radius 1 is 1.33 bits per heavy atom.